The van der Waals surface area contributed by atoms with Crippen LogP contribution in [0.2, 0.25) is 0 Å². The quantitative estimate of drug-likeness (QED) is 0.645. The van der Waals surface area contributed by atoms with Gasteiger partial charge in [0.25, 0.3) is 0 Å². The van der Waals surface area contributed by atoms with Crippen LogP contribution in [0.5, 0.6) is 0 Å². The number of rotatable bonds is 4. The van der Waals surface area contributed by atoms with Gasteiger partial charge < -0.3 is 15.2 Å². The number of amides is 1. The molecule has 70 valence electrons. The Morgan fingerprint density at radius 3 is 2.92 bits per heavy atom. The summed E-state index contributed by atoms with van der Waals surface area (Å²) in [6.07, 6.45) is 0.732. The fraction of sp³-hybridized carbons (Fsp3) is 0.875. The minimum absolute atomic E-state index is 0.0467. The lowest BCUT2D eigenvalue weighted by molar-refractivity contribution is 0.137. The Bertz CT molecular complexity index is 160. The Morgan fingerprint density at radius 2 is 2.42 bits per heavy atom. The highest BCUT2D eigenvalue weighted by Crippen LogP contribution is 2.37. The molecule has 2 unspecified atom stereocenters. The van der Waals surface area contributed by atoms with Crippen molar-refractivity contribution in [1.82, 2.24) is 5.32 Å². The number of aliphatic hydroxyl groups is 1. The maximum atomic E-state index is 10.8. The van der Waals surface area contributed by atoms with E-state index >= 15 is 0 Å². The third-order valence-corrected chi connectivity index (χ3v) is 2.09. The van der Waals surface area contributed by atoms with Crippen LogP contribution in [0.15, 0.2) is 0 Å². The molecule has 2 N–H and O–H groups in total. The molecular weight excluding hydrogens is 158 g/mol. The highest BCUT2D eigenvalue weighted by molar-refractivity contribution is 5.67. The van der Waals surface area contributed by atoms with Crippen molar-refractivity contribution in [3.8, 4) is 0 Å². The summed E-state index contributed by atoms with van der Waals surface area (Å²) >= 11 is 0. The van der Waals surface area contributed by atoms with Crippen LogP contribution in [-0.2, 0) is 4.74 Å². The lowest BCUT2D eigenvalue weighted by Crippen LogP contribution is -2.27. The second-order valence-corrected chi connectivity index (χ2v) is 3.22. The molecule has 1 saturated carbocycles. The van der Waals surface area contributed by atoms with E-state index in [2.05, 4.69) is 12.2 Å². The number of alkyl carbamates (subject to hydrolysis) is 1. The first kappa shape index (κ1) is 9.32. The van der Waals surface area contributed by atoms with Crippen molar-refractivity contribution in [2.24, 2.45) is 11.8 Å². The molecule has 0 heterocycles. The smallest absolute Gasteiger partial charge is 0.407 e. The Labute approximate surface area is 71.9 Å². The van der Waals surface area contributed by atoms with Crippen molar-refractivity contribution in [1.29, 1.82) is 0 Å². The summed E-state index contributed by atoms with van der Waals surface area (Å²) in [6, 6.07) is 0. The third kappa shape index (κ3) is 3.09. The largest absolute Gasteiger partial charge is 0.449 e. The van der Waals surface area contributed by atoms with Crippen LogP contribution in [0.4, 0.5) is 4.79 Å². The molecule has 0 aromatic rings. The van der Waals surface area contributed by atoms with E-state index in [1.54, 1.807) is 0 Å². The van der Waals surface area contributed by atoms with Crippen molar-refractivity contribution >= 4 is 6.09 Å². The fourth-order valence-corrected chi connectivity index (χ4v) is 1.02. The lowest BCUT2D eigenvalue weighted by Gasteiger charge is -2.04. The molecule has 1 rings (SSSR count). The van der Waals surface area contributed by atoms with Crippen molar-refractivity contribution in [2.45, 2.75) is 13.3 Å². The maximum absolute atomic E-state index is 10.8. The van der Waals surface area contributed by atoms with Crippen molar-refractivity contribution in [3.63, 3.8) is 0 Å². The van der Waals surface area contributed by atoms with Gasteiger partial charge in [-0.05, 0) is 18.3 Å². The van der Waals surface area contributed by atoms with E-state index in [4.69, 9.17) is 9.84 Å². The summed E-state index contributed by atoms with van der Waals surface area (Å²) in [7, 11) is 0. The molecule has 4 nitrogen and oxygen atoms in total. The summed E-state index contributed by atoms with van der Waals surface area (Å²) in [4.78, 5) is 10.8. The number of ether oxygens (including phenoxy) is 1. The Hall–Kier alpha value is -0.770. The van der Waals surface area contributed by atoms with Crippen LogP contribution in [0.1, 0.15) is 13.3 Å². The molecule has 0 aromatic carbocycles. The van der Waals surface area contributed by atoms with Gasteiger partial charge in [-0.2, -0.15) is 0 Å². The predicted octanol–water partition coefficient (Wildman–Crippen LogP) is 0.361. The summed E-state index contributed by atoms with van der Waals surface area (Å²) in [5, 5.41) is 10.8. The lowest BCUT2D eigenvalue weighted by atomic mass is 10.4. The number of hydrogen-bond acceptors (Lipinski definition) is 3. The van der Waals surface area contributed by atoms with E-state index in [1.807, 2.05) is 0 Å². The Balaban J connectivity index is 1.95. The van der Waals surface area contributed by atoms with Gasteiger partial charge in [0.05, 0.1) is 13.2 Å². The third-order valence-electron chi connectivity index (χ3n) is 2.09. The summed E-state index contributed by atoms with van der Waals surface area (Å²) in [6.45, 7) is 2.87. The van der Waals surface area contributed by atoms with Crippen molar-refractivity contribution in [2.75, 3.05) is 19.8 Å². The molecular formula is C8H15NO3. The van der Waals surface area contributed by atoms with Gasteiger partial charge >= 0.3 is 6.09 Å². The van der Waals surface area contributed by atoms with E-state index in [0.29, 0.717) is 18.4 Å². The van der Waals surface area contributed by atoms with Crippen LogP contribution >= 0.6 is 0 Å². The fourth-order valence-electron chi connectivity index (χ4n) is 1.02. The summed E-state index contributed by atoms with van der Waals surface area (Å²) < 4.78 is 4.88. The molecule has 4 heteroatoms. The van der Waals surface area contributed by atoms with Crippen molar-refractivity contribution < 1.29 is 14.6 Å². The average Bonchev–Trinajstić information content (AvgIpc) is 2.75. The van der Waals surface area contributed by atoms with Gasteiger partial charge in [0.2, 0.25) is 0 Å². The molecule has 1 aliphatic carbocycles. The number of hydrogen-bond donors (Lipinski definition) is 2. The van der Waals surface area contributed by atoms with E-state index in [-0.39, 0.29) is 13.2 Å². The first-order chi connectivity index (χ1) is 5.74. The highest BCUT2D eigenvalue weighted by atomic mass is 16.5. The van der Waals surface area contributed by atoms with Crippen molar-refractivity contribution in [3.05, 3.63) is 0 Å². The van der Waals surface area contributed by atoms with E-state index in [0.717, 1.165) is 6.42 Å². The Morgan fingerprint density at radius 1 is 1.75 bits per heavy atom. The first-order valence-corrected chi connectivity index (χ1v) is 4.25. The SMILES string of the molecule is CC1CC1COC(=O)NCCO. The topological polar surface area (TPSA) is 58.6 Å². The second-order valence-electron chi connectivity index (χ2n) is 3.22. The molecule has 0 spiro atoms. The zero-order valence-corrected chi connectivity index (χ0v) is 7.25. The molecule has 1 fully saturated rings. The number of nitrogens with one attached hydrogen (secondary N) is 1. The number of aliphatic hydroxyl groups excluding tert-OH is 1. The minimum Gasteiger partial charge on any atom is -0.449 e. The zero-order chi connectivity index (χ0) is 8.97. The van der Waals surface area contributed by atoms with E-state index in [1.165, 1.54) is 0 Å². The predicted molar refractivity (Wildman–Crippen MR) is 43.7 cm³/mol. The zero-order valence-electron chi connectivity index (χ0n) is 7.25. The normalized spacial score (nSPS) is 26.5. The number of carbonyl (C=O) groups excluding carboxylic acids is 1. The minimum atomic E-state index is -0.428. The van der Waals surface area contributed by atoms with Gasteiger partial charge in [0, 0.05) is 6.54 Å². The van der Waals surface area contributed by atoms with Gasteiger partial charge in [-0.25, -0.2) is 4.79 Å². The van der Waals surface area contributed by atoms with Gasteiger partial charge in [0.15, 0.2) is 0 Å². The standard InChI is InChI=1S/C8H15NO3/c1-6-4-7(6)5-12-8(11)9-2-3-10/h6-7,10H,2-5H2,1H3,(H,9,11). The molecule has 0 radical (unpaired) electrons. The highest BCUT2D eigenvalue weighted by Gasteiger charge is 2.33. The molecule has 0 bridgehead atoms. The van der Waals surface area contributed by atoms with Gasteiger partial charge in [0.1, 0.15) is 0 Å². The van der Waals surface area contributed by atoms with Crippen LogP contribution in [0.3, 0.4) is 0 Å². The molecule has 0 saturated heterocycles. The van der Waals surface area contributed by atoms with Gasteiger partial charge in [-0.1, -0.05) is 6.92 Å². The maximum Gasteiger partial charge on any atom is 0.407 e. The molecule has 2 atom stereocenters. The van der Waals surface area contributed by atoms with Crippen LogP contribution in [0, 0.1) is 11.8 Å². The average molecular weight is 173 g/mol. The molecule has 0 aromatic heterocycles. The second kappa shape index (κ2) is 4.30. The molecule has 0 aliphatic heterocycles. The summed E-state index contributed by atoms with van der Waals surface area (Å²) in [5.74, 6) is 1.26. The van der Waals surface area contributed by atoms with Gasteiger partial charge in [-0.3, -0.25) is 0 Å². The summed E-state index contributed by atoms with van der Waals surface area (Å²) in [5.41, 5.74) is 0. The first-order valence-electron chi connectivity index (χ1n) is 4.25. The van der Waals surface area contributed by atoms with E-state index in [9.17, 15) is 4.79 Å². The molecule has 1 aliphatic rings. The van der Waals surface area contributed by atoms with Crippen LogP contribution in [-0.4, -0.2) is 31.0 Å². The van der Waals surface area contributed by atoms with Crippen LogP contribution in [0.25, 0.3) is 0 Å². The monoisotopic (exact) mass is 173 g/mol. The van der Waals surface area contributed by atoms with Crippen LogP contribution < -0.4 is 5.32 Å². The van der Waals surface area contributed by atoms with Gasteiger partial charge in [-0.15, -0.1) is 0 Å². The Kier molecular flexibility index (Phi) is 3.34. The van der Waals surface area contributed by atoms with E-state index < -0.39 is 6.09 Å². The number of carbonyl (C=O) groups is 1. The molecule has 1 amide bonds. The molecule has 12 heavy (non-hydrogen) atoms.